The molecule has 0 aliphatic carbocycles. The third-order valence-corrected chi connectivity index (χ3v) is 1.65. The van der Waals surface area contributed by atoms with Crippen LogP contribution in [0.1, 0.15) is 12.5 Å². The normalized spacial score (nSPS) is 11.7. The van der Waals surface area contributed by atoms with Gasteiger partial charge in [0.05, 0.1) is 12.1 Å². The van der Waals surface area contributed by atoms with Crippen molar-refractivity contribution >= 4 is 5.69 Å². The van der Waals surface area contributed by atoms with Crippen LogP contribution in [0.3, 0.4) is 0 Å². The monoisotopic (exact) mass is 190 g/mol. The Labute approximate surface area is 74.6 Å². The van der Waals surface area contributed by atoms with E-state index in [9.17, 15) is 13.2 Å². The van der Waals surface area contributed by atoms with Crippen LogP contribution in [0.25, 0.3) is 0 Å². The fraction of sp³-hybridized carbons (Fsp3) is 0.333. The summed E-state index contributed by atoms with van der Waals surface area (Å²) in [6.45, 7) is 2.63. The van der Waals surface area contributed by atoms with Crippen LogP contribution in [0.15, 0.2) is 24.3 Å². The summed E-state index contributed by atoms with van der Waals surface area (Å²) in [5.41, 5.74) is 0.0343. The van der Waals surface area contributed by atoms with Crippen LogP contribution < -0.4 is 5.32 Å². The molecule has 0 saturated heterocycles. The van der Waals surface area contributed by atoms with Crippen molar-refractivity contribution in [3.63, 3.8) is 0 Å². The van der Waals surface area contributed by atoms with Gasteiger partial charge in [-0.3, -0.25) is 0 Å². The summed E-state index contributed by atoms with van der Waals surface area (Å²) in [4.78, 5) is 0. The van der Waals surface area contributed by atoms with Crippen molar-refractivity contribution in [3.05, 3.63) is 29.8 Å². The summed E-state index contributed by atoms with van der Waals surface area (Å²) >= 11 is 0. The molecule has 0 saturated carbocycles. The molecule has 0 aromatic heterocycles. The van der Waals surface area contributed by atoms with Gasteiger partial charge < -0.3 is 5.32 Å². The van der Waals surface area contributed by atoms with Gasteiger partial charge in [0, 0.05) is 6.07 Å². The van der Waals surface area contributed by atoms with E-state index < -0.39 is 11.7 Å². The predicted octanol–water partition coefficient (Wildman–Crippen LogP) is 1.92. The minimum atomic E-state index is -4.24. The van der Waals surface area contributed by atoms with E-state index in [0.717, 1.165) is 18.7 Å². The number of quaternary nitrogens is 1. The first-order valence-corrected chi connectivity index (χ1v) is 4.04. The molecule has 13 heavy (non-hydrogen) atoms. The third-order valence-electron chi connectivity index (χ3n) is 1.65. The molecule has 2 N–H and O–H groups in total. The van der Waals surface area contributed by atoms with Gasteiger partial charge in [0.1, 0.15) is 5.69 Å². The van der Waals surface area contributed by atoms with Crippen molar-refractivity contribution in [3.8, 4) is 0 Å². The molecule has 0 amide bonds. The number of benzene rings is 1. The molecule has 1 aromatic rings. The second kappa shape index (κ2) is 3.79. The van der Waals surface area contributed by atoms with Gasteiger partial charge in [0.25, 0.3) is 0 Å². The fourth-order valence-electron chi connectivity index (χ4n) is 1.08. The Bertz CT molecular complexity index is 280. The molecule has 4 heteroatoms. The minimum absolute atomic E-state index is 0.588. The molecule has 72 valence electrons. The summed E-state index contributed by atoms with van der Waals surface area (Å²) in [5.74, 6) is 0. The highest BCUT2D eigenvalue weighted by atomic mass is 19.4. The summed E-state index contributed by atoms with van der Waals surface area (Å²) < 4.78 is 36.6. The van der Waals surface area contributed by atoms with E-state index in [-0.39, 0.29) is 0 Å². The molecule has 0 unspecified atom stereocenters. The molecule has 0 bridgehead atoms. The number of nitrogens with two attached hydrogens (primary N) is 1. The van der Waals surface area contributed by atoms with Crippen molar-refractivity contribution < 1.29 is 18.5 Å². The van der Waals surface area contributed by atoms with Gasteiger partial charge in [-0.1, -0.05) is 6.07 Å². The Balaban J connectivity index is 2.92. The lowest BCUT2D eigenvalue weighted by atomic mass is 10.2. The van der Waals surface area contributed by atoms with E-state index in [4.69, 9.17) is 0 Å². The van der Waals surface area contributed by atoms with Gasteiger partial charge in [-0.05, 0) is 19.1 Å². The number of rotatable bonds is 2. The Morgan fingerprint density at radius 3 is 2.54 bits per heavy atom. The van der Waals surface area contributed by atoms with E-state index in [1.165, 1.54) is 6.07 Å². The molecule has 0 aliphatic rings. The zero-order valence-corrected chi connectivity index (χ0v) is 7.23. The fourth-order valence-corrected chi connectivity index (χ4v) is 1.08. The maximum atomic E-state index is 12.2. The molecular weight excluding hydrogens is 179 g/mol. The SMILES string of the molecule is CC[NH2+]c1cccc(C(F)(F)F)c1. The highest BCUT2D eigenvalue weighted by Gasteiger charge is 2.30. The first-order valence-electron chi connectivity index (χ1n) is 4.04. The van der Waals surface area contributed by atoms with Crippen molar-refractivity contribution in [1.29, 1.82) is 0 Å². The summed E-state index contributed by atoms with van der Waals surface area (Å²) in [7, 11) is 0. The smallest absolute Gasteiger partial charge is 0.314 e. The van der Waals surface area contributed by atoms with Gasteiger partial charge in [-0.15, -0.1) is 0 Å². The Kier molecular flexibility index (Phi) is 2.93. The Hall–Kier alpha value is -1.03. The van der Waals surface area contributed by atoms with Crippen LogP contribution in [-0.2, 0) is 6.18 Å². The highest BCUT2D eigenvalue weighted by molar-refractivity contribution is 5.34. The van der Waals surface area contributed by atoms with Crippen LogP contribution in [0, 0.1) is 0 Å². The molecule has 0 spiro atoms. The van der Waals surface area contributed by atoms with Gasteiger partial charge in [-0.25, -0.2) is 0 Å². The summed E-state index contributed by atoms with van der Waals surface area (Å²) in [5, 5.41) is 1.76. The molecule has 0 radical (unpaired) electrons. The maximum Gasteiger partial charge on any atom is 0.416 e. The third kappa shape index (κ3) is 2.73. The molecule has 1 aromatic carbocycles. The molecular formula is C9H11F3N+. The first-order chi connectivity index (χ1) is 6.04. The largest absolute Gasteiger partial charge is 0.416 e. The van der Waals surface area contributed by atoms with E-state index in [1.807, 2.05) is 6.92 Å². The first kappa shape index (κ1) is 10.1. The lowest BCUT2D eigenvalue weighted by molar-refractivity contribution is -0.567. The molecule has 1 nitrogen and oxygen atoms in total. The van der Waals surface area contributed by atoms with E-state index in [0.29, 0.717) is 5.69 Å². The average molecular weight is 190 g/mol. The second-order valence-electron chi connectivity index (χ2n) is 2.74. The summed E-state index contributed by atoms with van der Waals surface area (Å²) in [6.07, 6.45) is -4.24. The summed E-state index contributed by atoms with van der Waals surface area (Å²) in [6, 6.07) is 5.32. The van der Waals surface area contributed by atoms with Crippen LogP contribution in [0.4, 0.5) is 18.9 Å². The molecule has 0 aliphatic heterocycles. The van der Waals surface area contributed by atoms with Crippen molar-refractivity contribution in [2.24, 2.45) is 0 Å². The number of hydrogen-bond acceptors (Lipinski definition) is 0. The van der Waals surface area contributed by atoms with Gasteiger partial charge >= 0.3 is 6.18 Å². The zero-order chi connectivity index (χ0) is 9.90. The van der Waals surface area contributed by atoms with Crippen molar-refractivity contribution in [2.45, 2.75) is 13.1 Å². The quantitative estimate of drug-likeness (QED) is 0.686. The van der Waals surface area contributed by atoms with E-state index in [1.54, 1.807) is 11.4 Å². The van der Waals surface area contributed by atoms with Crippen LogP contribution in [0.2, 0.25) is 0 Å². The molecule has 0 fully saturated rings. The molecule has 0 heterocycles. The lowest BCUT2D eigenvalue weighted by Crippen LogP contribution is -2.77. The van der Waals surface area contributed by atoms with Gasteiger partial charge in [-0.2, -0.15) is 13.2 Å². The molecule has 0 atom stereocenters. The Morgan fingerprint density at radius 2 is 2.00 bits per heavy atom. The van der Waals surface area contributed by atoms with Gasteiger partial charge in [0.15, 0.2) is 0 Å². The lowest BCUT2D eigenvalue weighted by Gasteiger charge is -2.06. The van der Waals surface area contributed by atoms with E-state index >= 15 is 0 Å². The topological polar surface area (TPSA) is 16.6 Å². The van der Waals surface area contributed by atoms with E-state index in [2.05, 4.69) is 0 Å². The Morgan fingerprint density at radius 1 is 1.31 bits per heavy atom. The maximum absolute atomic E-state index is 12.2. The van der Waals surface area contributed by atoms with Crippen LogP contribution in [0.5, 0.6) is 0 Å². The number of halogens is 3. The minimum Gasteiger partial charge on any atom is -0.314 e. The van der Waals surface area contributed by atoms with Crippen molar-refractivity contribution in [1.82, 2.24) is 0 Å². The highest BCUT2D eigenvalue weighted by Crippen LogP contribution is 2.29. The van der Waals surface area contributed by atoms with Crippen LogP contribution >= 0.6 is 0 Å². The van der Waals surface area contributed by atoms with Gasteiger partial charge in [0.2, 0.25) is 0 Å². The average Bonchev–Trinajstić information content (AvgIpc) is 2.04. The van der Waals surface area contributed by atoms with Crippen molar-refractivity contribution in [2.75, 3.05) is 6.54 Å². The zero-order valence-electron chi connectivity index (χ0n) is 7.23. The van der Waals surface area contributed by atoms with Crippen LogP contribution in [-0.4, -0.2) is 6.54 Å². The molecule has 1 rings (SSSR count). The second-order valence-corrected chi connectivity index (χ2v) is 2.74. The number of alkyl halides is 3. The standard InChI is InChI=1S/C9H10F3N/c1-2-13-8-5-3-4-7(6-8)9(10,11)12/h3-6,13H,2H2,1H3/p+1. The number of hydrogen-bond donors (Lipinski definition) is 1. The predicted molar refractivity (Wildman–Crippen MR) is 43.6 cm³/mol.